The second kappa shape index (κ2) is 10.3. The highest BCUT2D eigenvalue weighted by Gasteiger charge is 2.52. The molecule has 0 aromatic heterocycles. The first-order chi connectivity index (χ1) is 25.1. The molecule has 2 aliphatic rings. The minimum Gasteiger partial charge on any atom is -0.204 e. The molecule has 0 fully saturated rings. The Bertz CT molecular complexity index is 2910. The smallest absolute Gasteiger partial charge is 0.159 e. The summed E-state index contributed by atoms with van der Waals surface area (Å²) in [7, 11) is 0. The highest BCUT2D eigenvalue weighted by atomic mass is 19.2. The summed E-state index contributed by atoms with van der Waals surface area (Å²) in [5.41, 5.74) is 12.2. The lowest BCUT2D eigenvalue weighted by Crippen LogP contribution is -2.25. The Balaban J connectivity index is 1.25. The third-order valence-electron chi connectivity index (χ3n) is 11.4. The van der Waals surface area contributed by atoms with Crippen molar-refractivity contribution >= 4 is 32.3 Å². The van der Waals surface area contributed by atoms with Crippen LogP contribution in [0.1, 0.15) is 22.3 Å². The van der Waals surface area contributed by atoms with Crippen molar-refractivity contribution in [1.82, 2.24) is 0 Å². The van der Waals surface area contributed by atoms with E-state index in [0.29, 0.717) is 11.1 Å². The van der Waals surface area contributed by atoms with E-state index in [9.17, 15) is 0 Å². The van der Waals surface area contributed by atoms with Crippen molar-refractivity contribution in [1.29, 1.82) is 0 Å². The molecule has 9 aromatic rings. The van der Waals surface area contributed by atoms with Crippen molar-refractivity contribution in [2.24, 2.45) is 0 Å². The fourth-order valence-electron chi connectivity index (χ4n) is 9.36. The van der Waals surface area contributed by atoms with E-state index in [1.54, 1.807) is 0 Å². The largest absolute Gasteiger partial charge is 0.204 e. The standard InChI is InChI=1S/C49H28F2/c50-46-27-39(41(28-47(46)51)40-25-30-12-2-3-13-32(30)34-15-5-6-16-35(34)40)31-21-23-38-45(26-31)49(44-24-22-29-11-1-4-14-33(29)48(38)44)42-19-9-7-17-36(42)37-18-8-10-20-43(37)49/h1-28H. The van der Waals surface area contributed by atoms with Crippen LogP contribution in [0.3, 0.4) is 0 Å². The van der Waals surface area contributed by atoms with Gasteiger partial charge in [-0.15, -0.1) is 0 Å². The SMILES string of the molecule is Fc1cc(-c2ccc3c(c2)C2(c4ccccc4-c4ccccc42)c2ccc4ccccc4c2-3)c(-c2cc3ccccc3c3ccccc23)cc1F. The molecule has 0 aliphatic heterocycles. The molecule has 0 saturated carbocycles. The molecule has 9 aromatic carbocycles. The average Bonchev–Trinajstić information content (AvgIpc) is 3.66. The van der Waals surface area contributed by atoms with Crippen molar-refractivity contribution < 1.29 is 8.78 Å². The van der Waals surface area contributed by atoms with E-state index in [1.165, 1.54) is 56.3 Å². The summed E-state index contributed by atoms with van der Waals surface area (Å²) in [4.78, 5) is 0. The topological polar surface area (TPSA) is 0 Å². The first-order valence-electron chi connectivity index (χ1n) is 17.4. The molecule has 2 aliphatic carbocycles. The number of hydrogen-bond donors (Lipinski definition) is 0. The van der Waals surface area contributed by atoms with Crippen LogP contribution in [0.4, 0.5) is 8.78 Å². The van der Waals surface area contributed by atoms with E-state index in [-0.39, 0.29) is 0 Å². The molecule has 0 nitrogen and oxygen atoms in total. The Morgan fingerprint density at radius 2 is 0.902 bits per heavy atom. The molecule has 0 heterocycles. The van der Waals surface area contributed by atoms with Crippen LogP contribution in [0.15, 0.2) is 170 Å². The van der Waals surface area contributed by atoms with Gasteiger partial charge in [0, 0.05) is 0 Å². The maximum Gasteiger partial charge on any atom is 0.159 e. The van der Waals surface area contributed by atoms with E-state index in [4.69, 9.17) is 0 Å². The quantitative estimate of drug-likeness (QED) is 0.163. The first kappa shape index (κ1) is 28.5. The van der Waals surface area contributed by atoms with Crippen molar-refractivity contribution in [3.8, 4) is 44.5 Å². The number of halogens is 2. The van der Waals surface area contributed by atoms with Gasteiger partial charge < -0.3 is 0 Å². The molecular formula is C49H28F2. The van der Waals surface area contributed by atoms with Crippen molar-refractivity contribution in [3.63, 3.8) is 0 Å². The van der Waals surface area contributed by atoms with Gasteiger partial charge in [0.25, 0.3) is 0 Å². The van der Waals surface area contributed by atoms with Gasteiger partial charge in [-0.1, -0.05) is 146 Å². The normalized spacial score (nSPS) is 13.5. The molecule has 51 heavy (non-hydrogen) atoms. The molecule has 0 atom stereocenters. The molecular weight excluding hydrogens is 627 g/mol. The fraction of sp³-hybridized carbons (Fsp3) is 0.0204. The molecule has 0 bridgehead atoms. The first-order valence-corrected chi connectivity index (χ1v) is 17.4. The molecule has 238 valence electrons. The molecule has 0 unspecified atom stereocenters. The highest BCUT2D eigenvalue weighted by molar-refractivity contribution is 6.15. The molecule has 2 heteroatoms. The lowest BCUT2D eigenvalue weighted by atomic mass is 9.70. The van der Waals surface area contributed by atoms with Crippen LogP contribution in [0.5, 0.6) is 0 Å². The van der Waals surface area contributed by atoms with Gasteiger partial charge in [0.05, 0.1) is 5.41 Å². The van der Waals surface area contributed by atoms with Crippen LogP contribution in [-0.2, 0) is 5.41 Å². The number of hydrogen-bond acceptors (Lipinski definition) is 0. The minimum absolute atomic E-state index is 0.577. The van der Waals surface area contributed by atoms with Crippen LogP contribution in [0.2, 0.25) is 0 Å². The predicted molar refractivity (Wildman–Crippen MR) is 206 cm³/mol. The Labute approximate surface area is 293 Å². The van der Waals surface area contributed by atoms with E-state index < -0.39 is 17.0 Å². The lowest BCUT2D eigenvalue weighted by molar-refractivity contribution is 0.509. The maximum atomic E-state index is 15.5. The Morgan fingerprint density at radius 1 is 0.314 bits per heavy atom. The van der Waals surface area contributed by atoms with E-state index in [2.05, 4.69) is 133 Å². The van der Waals surface area contributed by atoms with Crippen LogP contribution in [0, 0.1) is 11.6 Å². The van der Waals surface area contributed by atoms with Gasteiger partial charge in [0.1, 0.15) is 0 Å². The van der Waals surface area contributed by atoms with Crippen LogP contribution >= 0.6 is 0 Å². The predicted octanol–water partition coefficient (Wildman–Crippen LogP) is 13.1. The molecule has 0 saturated heterocycles. The monoisotopic (exact) mass is 654 g/mol. The van der Waals surface area contributed by atoms with Gasteiger partial charge in [-0.3, -0.25) is 0 Å². The minimum atomic E-state index is -0.861. The van der Waals surface area contributed by atoms with Crippen LogP contribution in [-0.4, -0.2) is 0 Å². The third-order valence-corrected chi connectivity index (χ3v) is 11.4. The summed E-state index contributed by atoms with van der Waals surface area (Å²) in [5.74, 6) is -1.72. The second-order valence-electron chi connectivity index (χ2n) is 13.8. The number of rotatable bonds is 2. The summed E-state index contributed by atoms with van der Waals surface area (Å²) in [6.45, 7) is 0. The van der Waals surface area contributed by atoms with Crippen molar-refractivity contribution in [2.75, 3.05) is 0 Å². The number of fused-ring (bicyclic) bond motifs is 15. The molecule has 0 N–H and O–H groups in total. The van der Waals surface area contributed by atoms with Gasteiger partial charge in [-0.05, 0) is 123 Å². The van der Waals surface area contributed by atoms with E-state index >= 15 is 8.78 Å². The summed E-state index contributed by atoms with van der Waals surface area (Å²) in [6.07, 6.45) is 0. The zero-order valence-corrected chi connectivity index (χ0v) is 27.4. The van der Waals surface area contributed by atoms with Gasteiger partial charge in [0.2, 0.25) is 0 Å². The Kier molecular flexibility index (Phi) is 5.76. The summed E-state index contributed by atoms with van der Waals surface area (Å²) in [6, 6.07) is 58.5. The van der Waals surface area contributed by atoms with Crippen molar-refractivity contribution in [3.05, 3.63) is 204 Å². The second-order valence-corrected chi connectivity index (χ2v) is 13.8. The van der Waals surface area contributed by atoms with E-state index in [0.717, 1.165) is 43.8 Å². The highest BCUT2D eigenvalue weighted by Crippen LogP contribution is 2.64. The molecule has 11 rings (SSSR count). The Hall–Kier alpha value is -6.38. The molecule has 0 amide bonds. The van der Waals surface area contributed by atoms with Gasteiger partial charge >= 0.3 is 0 Å². The van der Waals surface area contributed by atoms with Crippen molar-refractivity contribution in [2.45, 2.75) is 5.41 Å². The zero-order chi connectivity index (χ0) is 33.8. The van der Waals surface area contributed by atoms with Gasteiger partial charge in [0.15, 0.2) is 11.6 Å². The van der Waals surface area contributed by atoms with Gasteiger partial charge in [-0.2, -0.15) is 0 Å². The average molecular weight is 655 g/mol. The zero-order valence-electron chi connectivity index (χ0n) is 27.4. The van der Waals surface area contributed by atoms with E-state index in [1.807, 2.05) is 24.3 Å². The summed E-state index contributed by atoms with van der Waals surface area (Å²) < 4.78 is 30.9. The summed E-state index contributed by atoms with van der Waals surface area (Å²) in [5, 5.41) is 6.66. The van der Waals surface area contributed by atoms with Crippen LogP contribution in [0.25, 0.3) is 76.8 Å². The molecule has 0 radical (unpaired) electrons. The van der Waals surface area contributed by atoms with Crippen LogP contribution < -0.4 is 0 Å². The third kappa shape index (κ3) is 3.71. The Morgan fingerprint density at radius 3 is 1.65 bits per heavy atom. The van der Waals surface area contributed by atoms with Gasteiger partial charge in [-0.25, -0.2) is 8.78 Å². The number of benzene rings is 9. The fourth-order valence-corrected chi connectivity index (χ4v) is 9.36. The molecule has 1 spiro atoms. The lowest BCUT2D eigenvalue weighted by Gasteiger charge is -2.31. The maximum absolute atomic E-state index is 15.5. The summed E-state index contributed by atoms with van der Waals surface area (Å²) >= 11 is 0.